The number of aliphatic hydroxyl groups is 2. The van der Waals surface area contributed by atoms with Crippen LogP contribution in [-0.2, 0) is 0 Å². The molecule has 2 atom stereocenters. The number of aliphatic hydroxyl groups excluding tert-OH is 2. The zero-order chi connectivity index (χ0) is 20.9. The van der Waals surface area contributed by atoms with Crippen molar-refractivity contribution in [3.63, 3.8) is 0 Å². The highest BCUT2D eigenvalue weighted by Crippen LogP contribution is 2.44. The molecule has 5 heteroatoms. The average Bonchev–Trinajstić information content (AvgIpc) is 3.06. The van der Waals surface area contributed by atoms with Crippen LogP contribution in [0.3, 0.4) is 0 Å². The lowest BCUT2D eigenvalue weighted by atomic mass is 9.81. The summed E-state index contributed by atoms with van der Waals surface area (Å²) in [5.74, 6) is 0.822. The molecule has 0 saturated carbocycles. The van der Waals surface area contributed by atoms with Crippen molar-refractivity contribution in [1.82, 2.24) is 9.88 Å². The Balaban J connectivity index is 1.27. The number of aromatic amines is 1. The third-order valence-electron chi connectivity index (χ3n) is 6.89. The first-order valence-corrected chi connectivity index (χ1v) is 10.9. The molecule has 3 aromatic rings. The Labute approximate surface area is 177 Å². The summed E-state index contributed by atoms with van der Waals surface area (Å²) in [7, 11) is 0. The van der Waals surface area contributed by atoms with Gasteiger partial charge in [0.05, 0.1) is 12.2 Å². The number of benzene rings is 2. The van der Waals surface area contributed by atoms with Crippen LogP contribution in [0.4, 0.5) is 0 Å². The molecule has 1 aromatic heterocycles. The maximum absolute atomic E-state index is 11.0. The number of nitrogens with zero attached hydrogens (tertiary/aromatic N) is 1. The summed E-state index contributed by atoms with van der Waals surface area (Å²) < 4.78 is 6.43. The molecule has 0 unspecified atom stereocenters. The fraction of sp³-hybridized carbons (Fsp3) is 0.440. The molecular weight excluding hydrogens is 376 g/mol. The SMILES string of the molecule is Cc1ccc2c(c1)[C@H](O)CC1(CCN(C[C@@H](O)c3c(C)[nH]c4ccccc34)CC1)O2. The van der Waals surface area contributed by atoms with Gasteiger partial charge in [0.25, 0.3) is 0 Å². The fourth-order valence-corrected chi connectivity index (χ4v) is 5.27. The van der Waals surface area contributed by atoms with Crippen LogP contribution < -0.4 is 4.74 Å². The van der Waals surface area contributed by atoms with Gasteiger partial charge in [-0.3, -0.25) is 0 Å². The van der Waals surface area contributed by atoms with E-state index in [4.69, 9.17) is 4.74 Å². The molecule has 3 heterocycles. The molecule has 0 bridgehead atoms. The second kappa shape index (κ2) is 7.41. The van der Waals surface area contributed by atoms with Crippen LogP contribution in [0.25, 0.3) is 10.9 Å². The Morgan fingerprint density at radius 2 is 1.93 bits per heavy atom. The number of aromatic nitrogens is 1. The lowest BCUT2D eigenvalue weighted by Gasteiger charge is -2.46. The number of β-amino-alcohol motifs (C(OH)–C–C–N with tert-alkyl or cyclic N) is 1. The van der Waals surface area contributed by atoms with Gasteiger partial charge in [0.2, 0.25) is 0 Å². The van der Waals surface area contributed by atoms with E-state index in [1.807, 2.05) is 50.2 Å². The quantitative estimate of drug-likeness (QED) is 0.611. The molecule has 158 valence electrons. The number of hydrogen-bond donors (Lipinski definition) is 3. The molecule has 1 fully saturated rings. The molecule has 5 rings (SSSR count). The number of likely N-dealkylation sites (tertiary alicyclic amines) is 1. The van der Waals surface area contributed by atoms with Crippen molar-refractivity contribution in [2.45, 2.75) is 50.9 Å². The minimum Gasteiger partial charge on any atom is -0.487 e. The standard InChI is InChI=1S/C25H30N2O3/c1-16-7-8-23-19(13-16)21(28)14-25(30-23)9-11-27(12-10-25)15-22(29)24-17(2)26-20-6-4-3-5-18(20)24/h3-8,13,21-22,26,28-29H,9-12,14-15H2,1-2H3/t21-,22-/m1/s1. The summed E-state index contributed by atoms with van der Waals surface area (Å²) in [6.45, 7) is 6.38. The molecule has 3 N–H and O–H groups in total. The summed E-state index contributed by atoms with van der Waals surface area (Å²) in [6, 6.07) is 14.2. The highest BCUT2D eigenvalue weighted by atomic mass is 16.5. The molecule has 2 aliphatic rings. The molecule has 0 amide bonds. The monoisotopic (exact) mass is 406 g/mol. The third-order valence-corrected chi connectivity index (χ3v) is 6.89. The zero-order valence-electron chi connectivity index (χ0n) is 17.7. The van der Waals surface area contributed by atoms with Crippen LogP contribution in [0.2, 0.25) is 0 Å². The average molecular weight is 407 g/mol. The Hall–Kier alpha value is -2.34. The van der Waals surface area contributed by atoms with Crippen LogP contribution in [0, 0.1) is 13.8 Å². The van der Waals surface area contributed by atoms with Crippen molar-refractivity contribution in [3.8, 4) is 5.75 Å². The van der Waals surface area contributed by atoms with E-state index in [2.05, 4.69) is 16.0 Å². The fourth-order valence-electron chi connectivity index (χ4n) is 5.27. The molecule has 2 aliphatic heterocycles. The second-order valence-electron chi connectivity index (χ2n) is 9.07. The van der Waals surface area contributed by atoms with E-state index < -0.39 is 12.2 Å². The number of para-hydroxylation sites is 1. The van der Waals surface area contributed by atoms with Gasteiger partial charge in [-0.25, -0.2) is 0 Å². The first kappa shape index (κ1) is 19.6. The Bertz CT molecular complexity index is 1070. The molecule has 0 radical (unpaired) electrons. The van der Waals surface area contributed by atoms with Crippen LogP contribution in [0.1, 0.15) is 53.9 Å². The molecule has 1 spiro atoms. The summed E-state index contributed by atoms with van der Waals surface area (Å²) in [5, 5.41) is 22.8. The van der Waals surface area contributed by atoms with E-state index >= 15 is 0 Å². The molecule has 0 aliphatic carbocycles. The van der Waals surface area contributed by atoms with E-state index in [9.17, 15) is 10.2 Å². The smallest absolute Gasteiger partial charge is 0.125 e. The number of aryl methyl sites for hydroxylation is 2. The molecular formula is C25H30N2O3. The van der Waals surface area contributed by atoms with Crippen molar-refractivity contribution < 1.29 is 14.9 Å². The van der Waals surface area contributed by atoms with Crippen LogP contribution in [0.5, 0.6) is 5.75 Å². The van der Waals surface area contributed by atoms with Gasteiger partial charge in [-0.15, -0.1) is 0 Å². The van der Waals surface area contributed by atoms with E-state index in [-0.39, 0.29) is 5.60 Å². The van der Waals surface area contributed by atoms with E-state index in [0.29, 0.717) is 13.0 Å². The lowest BCUT2D eigenvalue weighted by molar-refractivity contribution is -0.0587. The molecule has 5 nitrogen and oxygen atoms in total. The van der Waals surface area contributed by atoms with Gasteiger partial charge in [0.15, 0.2) is 0 Å². The largest absolute Gasteiger partial charge is 0.487 e. The van der Waals surface area contributed by atoms with Gasteiger partial charge in [-0.05, 0) is 44.9 Å². The number of rotatable bonds is 3. The van der Waals surface area contributed by atoms with Crippen molar-refractivity contribution in [2.75, 3.05) is 19.6 Å². The molecule has 2 aromatic carbocycles. The Morgan fingerprint density at radius 1 is 1.17 bits per heavy atom. The lowest BCUT2D eigenvalue weighted by Crippen LogP contribution is -2.51. The van der Waals surface area contributed by atoms with Crippen molar-refractivity contribution in [3.05, 3.63) is 64.8 Å². The van der Waals surface area contributed by atoms with Crippen LogP contribution >= 0.6 is 0 Å². The van der Waals surface area contributed by atoms with E-state index in [1.165, 1.54) is 0 Å². The highest BCUT2D eigenvalue weighted by molar-refractivity contribution is 5.84. The van der Waals surface area contributed by atoms with Crippen molar-refractivity contribution in [2.24, 2.45) is 0 Å². The van der Waals surface area contributed by atoms with E-state index in [1.54, 1.807) is 0 Å². The highest BCUT2D eigenvalue weighted by Gasteiger charge is 2.43. The number of H-pyrrole nitrogens is 1. The van der Waals surface area contributed by atoms with Crippen molar-refractivity contribution in [1.29, 1.82) is 0 Å². The van der Waals surface area contributed by atoms with Gasteiger partial charge in [0, 0.05) is 53.8 Å². The summed E-state index contributed by atoms with van der Waals surface area (Å²) in [5.41, 5.74) is 4.85. The first-order valence-electron chi connectivity index (χ1n) is 10.9. The topological polar surface area (TPSA) is 68.7 Å². The number of ether oxygens (including phenoxy) is 1. The minimum atomic E-state index is -0.531. The maximum atomic E-state index is 11.0. The Morgan fingerprint density at radius 3 is 2.73 bits per heavy atom. The predicted molar refractivity (Wildman–Crippen MR) is 118 cm³/mol. The molecule has 1 saturated heterocycles. The van der Waals surface area contributed by atoms with Crippen LogP contribution in [0.15, 0.2) is 42.5 Å². The first-order chi connectivity index (χ1) is 14.4. The number of fused-ring (bicyclic) bond motifs is 2. The van der Waals surface area contributed by atoms with Gasteiger partial charge in [-0.1, -0.05) is 29.8 Å². The van der Waals surface area contributed by atoms with Gasteiger partial charge in [-0.2, -0.15) is 0 Å². The summed E-state index contributed by atoms with van der Waals surface area (Å²) in [4.78, 5) is 5.70. The normalized spacial score (nSPS) is 22.1. The van der Waals surface area contributed by atoms with Gasteiger partial charge >= 0.3 is 0 Å². The third kappa shape index (κ3) is 3.41. The summed E-state index contributed by atoms with van der Waals surface area (Å²) in [6.07, 6.45) is 1.35. The summed E-state index contributed by atoms with van der Waals surface area (Å²) >= 11 is 0. The van der Waals surface area contributed by atoms with Gasteiger partial charge in [0.1, 0.15) is 11.4 Å². The van der Waals surface area contributed by atoms with E-state index in [0.717, 1.165) is 65.0 Å². The maximum Gasteiger partial charge on any atom is 0.125 e. The molecule has 30 heavy (non-hydrogen) atoms. The second-order valence-corrected chi connectivity index (χ2v) is 9.07. The number of hydrogen-bond acceptors (Lipinski definition) is 4. The van der Waals surface area contributed by atoms with Gasteiger partial charge < -0.3 is 24.8 Å². The number of piperidine rings is 1. The zero-order valence-corrected chi connectivity index (χ0v) is 17.7. The predicted octanol–water partition coefficient (Wildman–Crippen LogP) is 4.17. The number of nitrogens with one attached hydrogen (secondary N) is 1. The minimum absolute atomic E-state index is 0.306. The van der Waals surface area contributed by atoms with Crippen molar-refractivity contribution >= 4 is 10.9 Å². The van der Waals surface area contributed by atoms with Crippen LogP contribution in [-0.4, -0.2) is 45.3 Å². The Kier molecular flexibility index (Phi) is 4.85.